The average molecular weight is 316 g/mol. The fourth-order valence-electron chi connectivity index (χ4n) is 2.46. The number of rotatable bonds is 3. The standard InChI is InChI=1S/C14H15Cl2NO3/c15-10-2-1-3-11(16)12(10)13(18)17-9-6-4-8(5-7-9)14(19)20/h1-3,8-9H,4-7H2,(H,17,18)(H,19,20). The lowest BCUT2D eigenvalue weighted by molar-refractivity contribution is -0.142. The Balaban J connectivity index is 1.98. The summed E-state index contributed by atoms with van der Waals surface area (Å²) in [6, 6.07) is 4.89. The molecule has 0 aliphatic heterocycles. The quantitative estimate of drug-likeness (QED) is 0.898. The Morgan fingerprint density at radius 3 is 2.15 bits per heavy atom. The van der Waals surface area contributed by atoms with Crippen LogP contribution in [0, 0.1) is 5.92 Å². The maximum absolute atomic E-state index is 12.2. The van der Waals surface area contributed by atoms with Crippen LogP contribution in [-0.4, -0.2) is 23.0 Å². The fourth-order valence-corrected chi connectivity index (χ4v) is 3.03. The largest absolute Gasteiger partial charge is 0.481 e. The third-order valence-electron chi connectivity index (χ3n) is 3.60. The molecular formula is C14H15Cl2NO3. The number of amides is 1. The van der Waals surface area contributed by atoms with Gasteiger partial charge in [0.25, 0.3) is 5.91 Å². The van der Waals surface area contributed by atoms with Crippen molar-refractivity contribution in [2.45, 2.75) is 31.7 Å². The molecule has 0 saturated heterocycles. The molecule has 0 spiro atoms. The first-order valence-corrected chi connectivity index (χ1v) is 7.22. The molecule has 0 radical (unpaired) electrons. The Morgan fingerprint density at radius 2 is 1.65 bits per heavy atom. The molecule has 1 aromatic carbocycles. The molecule has 1 saturated carbocycles. The second-order valence-electron chi connectivity index (χ2n) is 4.96. The predicted molar refractivity (Wildman–Crippen MR) is 77.3 cm³/mol. The first-order valence-electron chi connectivity index (χ1n) is 6.46. The molecule has 0 unspecified atom stereocenters. The van der Waals surface area contributed by atoms with E-state index < -0.39 is 5.97 Å². The molecule has 1 amide bonds. The third kappa shape index (κ3) is 3.44. The van der Waals surface area contributed by atoms with Crippen LogP contribution < -0.4 is 5.32 Å². The van der Waals surface area contributed by atoms with Gasteiger partial charge in [0.2, 0.25) is 0 Å². The lowest BCUT2D eigenvalue weighted by atomic mass is 9.86. The van der Waals surface area contributed by atoms with Gasteiger partial charge in [-0.1, -0.05) is 29.3 Å². The molecule has 1 fully saturated rings. The van der Waals surface area contributed by atoms with Crippen LogP contribution in [0.2, 0.25) is 10.0 Å². The van der Waals surface area contributed by atoms with E-state index in [9.17, 15) is 9.59 Å². The number of nitrogens with one attached hydrogen (secondary N) is 1. The van der Waals surface area contributed by atoms with Gasteiger partial charge in [0.15, 0.2) is 0 Å². The summed E-state index contributed by atoms with van der Waals surface area (Å²) < 4.78 is 0. The Bertz CT molecular complexity index is 505. The number of carboxylic acid groups (broad SMARTS) is 1. The molecule has 0 atom stereocenters. The summed E-state index contributed by atoms with van der Waals surface area (Å²) in [6.07, 6.45) is 2.47. The molecule has 1 aliphatic carbocycles. The van der Waals surface area contributed by atoms with Gasteiger partial charge < -0.3 is 10.4 Å². The topological polar surface area (TPSA) is 66.4 Å². The Labute approximate surface area is 127 Å². The fraction of sp³-hybridized carbons (Fsp3) is 0.429. The van der Waals surface area contributed by atoms with Crippen molar-refractivity contribution in [3.63, 3.8) is 0 Å². The van der Waals surface area contributed by atoms with E-state index in [1.165, 1.54) is 0 Å². The minimum atomic E-state index is -0.760. The van der Waals surface area contributed by atoms with Crippen LogP contribution in [0.25, 0.3) is 0 Å². The van der Waals surface area contributed by atoms with Crippen LogP contribution in [0.5, 0.6) is 0 Å². The summed E-state index contributed by atoms with van der Waals surface area (Å²) in [4.78, 5) is 23.0. The summed E-state index contributed by atoms with van der Waals surface area (Å²) in [7, 11) is 0. The van der Waals surface area contributed by atoms with E-state index in [2.05, 4.69) is 5.32 Å². The third-order valence-corrected chi connectivity index (χ3v) is 4.23. The maximum Gasteiger partial charge on any atom is 0.306 e. The van der Waals surface area contributed by atoms with E-state index in [0.29, 0.717) is 35.7 Å². The van der Waals surface area contributed by atoms with E-state index in [4.69, 9.17) is 28.3 Å². The van der Waals surface area contributed by atoms with Crippen molar-refractivity contribution in [2.24, 2.45) is 5.92 Å². The highest BCUT2D eigenvalue weighted by Crippen LogP contribution is 2.27. The van der Waals surface area contributed by atoms with Gasteiger partial charge in [-0.15, -0.1) is 0 Å². The predicted octanol–water partition coefficient (Wildman–Crippen LogP) is 3.37. The normalized spacial score (nSPS) is 22.3. The van der Waals surface area contributed by atoms with Crippen molar-refractivity contribution in [1.82, 2.24) is 5.32 Å². The van der Waals surface area contributed by atoms with Gasteiger partial charge in [-0.3, -0.25) is 9.59 Å². The number of aliphatic carboxylic acids is 1. The summed E-state index contributed by atoms with van der Waals surface area (Å²) >= 11 is 12.0. The zero-order chi connectivity index (χ0) is 14.7. The molecule has 0 bridgehead atoms. The monoisotopic (exact) mass is 315 g/mol. The van der Waals surface area contributed by atoms with Crippen LogP contribution in [-0.2, 0) is 4.79 Å². The minimum absolute atomic E-state index is 0.0227. The van der Waals surface area contributed by atoms with Crippen LogP contribution in [0.15, 0.2) is 18.2 Å². The molecule has 2 N–H and O–H groups in total. The Morgan fingerprint density at radius 1 is 1.10 bits per heavy atom. The van der Waals surface area contributed by atoms with Gasteiger partial charge in [-0.2, -0.15) is 0 Å². The van der Waals surface area contributed by atoms with Crippen LogP contribution in [0.1, 0.15) is 36.0 Å². The molecule has 4 nitrogen and oxygen atoms in total. The minimum Gasteiger partial charge on any atom is -0.481 e. The summed E-state index contributed by atoms with van der Waals surface area (Å²) in [5.74, 6) is -1.37. The highest BCUT2D eigenvalue weighted by Gasteiger charge is 2.27. The van der Waals surface area contributed by atoms with Gasteiger partial charge in [0, 0.05) is 6.04 Å². The molecule has 2 rings (SSSR count). The van der Waals surface area contributed by atoms with E-state index in [0.717, 1.165) is 0 Å². The number of carbonyl (C=O) groups excluding carboxylic acids is 1. The molecule has 108 valence electrons. The van der Waals surface area contributed by atoms with Crippen LogP contribution in [0.3, 0.4) is 0 Å². The highest BCUT2D eigenvalue weighted by atomic mass is 35.5. The first-order chi connectivity index (χ1) is 9.49. The Hall–Kier alpha value is -1.26. The van der Waals surface area contributed by atoms with Gasteiger partial charge in [0.1, 0.15) is 0 Å². The van der Waals surface area contributed by atoms with Gasteiger partial charge >= 0.3 is 5.97 Å². The summed E-state index contributed by atoms with van der Waals surface area (Å²) in [6.45, 7) is 0. The number of carbonyl (C=O) groups is 2. The molecule has 0 aromatic heterocycles. The zero-order valence-corrected chi connectivity index (χ0v) is 12.2. The van der Waals surface area contributed by atoms with Gasteiger partial charge in [-0.25, -0.2) is 0 Å². The molecule has 0 heterocycles. The summed E-state index contributed by atoms with van der Waals surface area (Å²) in [5, 5.41) is 12.4. The van der Waals surface area contributed by atoms with Gasteiger partial charge in [0.05, 0.1) is 21.5 Å². The molecule has 1 aliphatic rings. The molecule has 20 heavy (non-hydrogen) atoms. The smallest absolute Gasteiger partial charge is 0.306 e. The lowest BCUT2D eigenvalue weighted by Crippen LogP contribution is -2.38. The van der Waals surface area contributed by atoms with Crippen molar-refractivity contribution in [3.8, 4) is 0 Å². The van der Waals surface area contributed by atoms with E-state index in [1.54, 1.807) is 18.2 Å². The molecular weight excluding hydrogens is 301 g/mol. The first kappa shape index (κ1) is 15.1. The summed E-state index contributed by atoms with van der Waals surface area (Å²) in [5.41, 5.74) is 0.274. The average Bonchev–Trinajstić information content (AvgIpc) is 2.39. The second-order valence-corrected chi connectivity index (χ2v) is 5.77. The van der Waals surface area contributed by atoms with E-state index in [1.807, 2.05) is 0 Å². The highest BCUT2D eigenvalue weighted by molar-refractivity contribution is 6.39. The number of carboxylic acids is 1. The van der Waals surface area contributed by atoms with Crippen molar-refractivity contribution in [2.75, 3.05) is 0 Å². The Kier molecular flexibility index (Phi) is 4.89. The SMILES string of the molecule is O=C(NC1CCC(C(=O)O)CC1)c1c(Cl)cccc1Cl. The lowest BCUT2D eigenvalue weighted by Gasteiger charge is -2.27. The zero-order valence-electron chi connectivity index (χ0n) is 10.7. The van der Waals surface area contributed by atoms with Crippen molar-refractivity contribution in [1.29, 1.82) is 0 Å². The van der Waals surface area contributed by atoms with Crippen molar-refractivity contribution < 1.29 is 14.7 Å². The molecule has 6 heteroatoms. The van der Waals surface area contributed by atoms with Crippen molar-refractivity contribution in [3.05, 3.63) is 33.8 Å². The van der Waals surface area contributed by atoms with E-state index >= 15 is 0 Å². The maximum atomic E-state index is 12.2. The second kappa shape index (κ2) is 6.46. The number of hydrogen-bond acceptors (Lipinski definition) is 2. The van der Waals surface area contributed by atoms with Crippen LogP contribution in [0.4, 0.5) is 0 Å². The molecule has 1 aromatic rings. The van der Waals surface area contributed by atoms with Gasteiger partial charge in [-0.05, 0) is 37.8 Å². The number of halogens is 2. The number of hydrogen-bond donors (Lipinski definition) is 2. The van der Waals surface area contributed by atoms with Crippen molar-refractivity contribution >= 4 is 35.1 Å². The number of benzene rings is 1. The van der Waals surface area contributed by atoms with E-state index in [-0.39, 0.29) is 23.4 Å². The van der Waals surface area contributed by atoms with Crippen LogP contribution >= 0.6 is 23.2 Å².